The van der Waals surface area contributed by atoms with Crippen molar-refractivity contribution in [3.8, 4) is 0 Å². The summed E-state index contributed by atoms with van der Waals surface area (Å²) in [5, 5.41) is 10.7. The quantitative estimate of drug-likeness (QED) is 0.296. The summed E-state index contributed by atoms with van der Waals surface area (Å²) in [4.78, 5) is 6.18. The minimum Gasteiger partial charge on any atom is -0.359 e. The summed E-state index contributed by atoms with van der Waals surface area (Å²) in [5.74, 6) is 1.68. The van der Waals surface area contributed by atoms with E-state index in [0.29, 0.717) is 37.1 Å². The molecule has 0 unspecified atom stereocenters. The highest BCUT2D eigenvalue weighted by molar-refractivity contribution is 14.0. The molecule has 1 aromatic carbocycles. The maximum Gasteiger partial charge on any atom is 0.191 e. The molecule has 6 nitrogen and oxygen atoms in total. The predicted molar refractivity (Wildman–Crippen MR) is 126 cm³/mol. The Balaban J connectivity index is 0.00000420. The monoisotopic (exact) mass is 517 g/mol. The summed E-state index contributed by atoms with van der Waals surface area (Å²) in [5.41, 5.74) is 2.68. The Bertz CT molecular complexity index is 774. The van der Waals surface area contributed by atoms with Crippen LogP contribution in [0.5, 0.6) is 0 Å². The number of nitrogens with one attached hydrogen (secondary N) is 2. The van der Waals surface area contributed by atoms with Crippen LogP contribution in [0.1, 0.15) is 55.2 Å². The zero-order valence-corrected chi connectivity index (χ0v) is 20.3. The lowest BCUT2D eigenvalue weighted by molar-refractivity contribution is 0.368. The van der Waals surface area contributed by atoms with Gasteiger partial charge in [0.1, 0.15) is 5.82 Å². The molecule has 0 amide bonds. The molecule has 0 aliphatic heterocycles. The van der Waals surface area contributed by atoms with Crippen molar-refractivity contribution in [2.24, 2.45) is 4.99 Å². The Labute approximate surface area is 190 Å². The van der Waals surface area contributed by atoms with Crippen molar-refractivity contribution in [3.63, 3.8) is 0 Å². The molecule has 8 heteroatoms. The van der Waals surface area contributed by atoms with Crippen LogP contribution in [-0.2, 0) is 19.6 Å². The van der Waals surface area contributed by atoms with E-state index in [1.165, 1.54) is 6.07 Å². The number of hydrogen-bond donors (Lipinski definition) is 2. The molecule has 1 aromatic heterocycles. The zero-order chi connectivity index (χ0) is 20.5. The molecule has 0 radical (unpaired) electrons. The van der Waals surface area contributed by atoms with Crippen LogP contribution in [0.2, 0.25) is 0 Å². The summed E-state index contributed by atoms with van der Waals surface area (Å²) in [6.07, 6.45) is 2.10. The standard InChI is InChI=1S/C21H32FN5O.HI/c1-6-16(7-2)20-11-18(28-26-20)13-25-21(23-3)24-12-15-8-9-19(22)17(10-15)14-27(4)5;/h8-11,16H,6-7,12-14H2,1-5H3,(H2,23,24,25);1H. The molecule has 0 spiro atoms. The number of nitrogens with zero attached hydrogens (tertiary/aromatic N) is 3. The Morgan fingerprint density at radius 3 is 2.48 bits per heavy atom. The first-order chi connectivity index (χ1) is 13.5. The molecule has 0 aliphatic rings. The SMILES string of the molecule is CCC(CC)c1cc(CNC(=NC)NCc2ccc(F)c(CN(C)C)c2)on1.I. The van der Waals surface area contributed by atoms with Gasteiger partial charge in [0.15, 0.2) is 11.7 Å². The molecule has 0 bridgehead atoms. The van der Waals surface area contributed by atoms with Gasteiger partial charge in [0.2, 0.25) is 0 Å². The third-order valence-electron chi connectivity index (χ3n) is 4.69. The van der Waals surface area contributed by atoms with Gasteiger partial charge in [-0.25, -0.2) is 4.39 Å². The highest BCUT2D eigenvalue weighted by Gasteiger charge is 2.13. The maximum absolute atomic E-state index is 13.9. The average molecular weight is 517 g/mol. The Kier molecular flexibility index (Phi) is 11.2. The van der Waals surface area contributed by atoms with Crippen LogP contribution in [0.3, 0.4) is 0 Å². The molecule has 2 rings (SSSR count). The van der Waals surface area contributed by atoms with Gasteiger partial charge in [-0.3, -0.25) is 4.99 Å². The zero-order valence-electron chi connectivity index (χ0n) is 18.0. The van der Waals surface area contributed by atoms with E-state index in [1.807, 2.05) is 31.1 Å². The van der Waals surface area contributed by atoms with Crippen LogP contribution >= 0.6 is 24.0 Å². The summed E-state index contributed by atoms with van der Waals surface area (Å²) in [7, 11) is 5.57. The molecule has 1 heterocycles. The molecule has 0 fully saturated rings. The van der Waals surface area contributed by atoms with Gasteiger partial charge in [-0.05, 0) is 44.6 Å². The van der Waals surface area contributed by atoms with Crippen molar-refractivity contribution in [1.82, 2.24) is 20.7 Å². The lowest BCUT2D eigenvalue weighted by Crippen LogP contribution is -2.36. The highest BCUT2D eigenvalue weighted by atomic mass is 127. The van der Waals surface area contributed by atoms with Crippen molar-refractivity contribution >= 4 is 29.9 Å². The van der Waals surface area contributed by atoms with Crippen LogP contribution in [0.25, 0.3) is 0 Å². The van der Waals surface area contributed by atoms with Crippen LogP contribution in [0.4, 0.5) is 4.39 Å². The Morgan fingerprint density at radius 1 is 1.17 bits per heavy atom. The van der Waals surface area contributed by atoms with Crippen LogP contribution in [0.15, 0.2) is 33.8 Å². The first-order valence-electron chi connectivity index (χ1n) is 9.78. The third kappa shape index (κ3) is 7.93. The van der Waals surface area contributed by atoms with Crippen molar-refractivity contribution in [2.75, 3.05) is 21.1 Å². The number of benzene rings is 1. The van der Waals surface area contributed by atoms with Gasteiger partial charge in [-0.15, -0.1) is 24.0 Å². The Hall–Kier alpha value is -1.68. The van der Waals surface area contributed by atoms with Crippen LogP contribution in [0, 0.1) is 5.82 Å². The molecule has 0 saturated heterocycles. The molecule has 0 aliphatic carbocycles. The van der Waals surface area contributed by atoms with Gasteiger partial charge in [0, 0.05) is 37.7 Å². The number of aliphatic imine (C=N–C) groups is 1. The van der Waals surface area contributed by atoms with E-state index in [-0.39, 0.29) is 29.8 Å². The van der Waals surface area contributed by atoms with Gasteiger partial charge in [0.05, 0.1) is 12.2 Å². The molecule has 0 saturated carbocycles. The normalized spacial score (nSPS) is 11.7. The van der Waals surface area contributed by atoms with E-state index in [2.05, 4.69) is 34.6 Å². The molecule has 0 atom stereocenters. The fraction of sp³-hybridized carbons (Fsp3) is 0.524. The topological polar surface area (TPSA) is 65.7 Å². The lowest BCUT2D eigenvalue weighted by atomic mass is 9.99. The average Bonchev–Trinajstić information content (AvgIpc) is 3.13. The van der Waals surface area contributed by atoms with E-state index in [0.717, 1.165) is 29.9 Å². The van der Waals surface area contributed by atoms with Gasteiger partial charge in [-0.2, -0.15) is 0 Å². The van der Waals surface area contributed by atoms with Gasteiger partial charge in [0.25, 0.3) is 0 Å². The van der Waals surface area contributed by atoms with E-state index >= 15 is 0 Å². The first kappa shape index (κ1) is 25.4. The summed E-state index contributed by atoms with van der Waals surface area (Å²) in [6.45, 7) is 5.94. The van der Waals surface area contributed by atoms with Gasteiger partial charge >= 0.3 is 0 Å². The van der Waals surface area contributed by atoms with E-state index in [4.69, 9.17) is 4.52 Å². The minimum absolute atomic E-state index is 0. The van der Waals surface area contributed by atoms with Gasteiger partial charge in [-0.1, -0.05) is 25.1 Å². The fourth-order valence-corrected chi connectivity index (χ4v) is 3.09. The van der Waals surface area contributed by atoms with Gasteiger partial charge < -0.3 is 20.1 Å². The van der Waals surface area contributed by atoms with Crippen LogP contribution in [-0.4, -0.2) is 37.2 Å². The molecular formula is C21H33FIN5O. The number of guanidine groups is 1. The van der Waals surface area contributed by atoms with E-state index in [9.17, 15) is 4.39 Å². The molecule has 162 valence electrons. The first-order valence-corrected chi connectivity index (χ1v) is 9.78. The molecule has 2 N–H and O–H groups in total. The van der Waals surface area contributed by atoms with Crippen molar-refractivity contribution in [3.05, 3.63) is 52.7 Å². The second kappa shape index (κ2) is 12.8. The second-order valence-electron chi connectivity index (χ2n) is 7.17. The molecule has 29 heavy (non-hydrogen) atoms. The maximum atomic E-state index is 13.9. The van der Waals surface area contributed by atoms with Crippen molar-refractivity contribution < 1.29 is 8.91 Å². The predicted octanol–water partition coefficient (Wildman–Crippen LogP) is 4.26. The van der Waals surface area contributed by atoms with E-state index in [1.54, 1.807) is 13.1 Å². The second-order valence-corrected chi connectivity index (χ2v) is 7.17. The van der Waals surface area contributed by atoms with Crippen molar-refractivity contribution in [1.29, 1.82) is 0 Å². The largest absolute Gasteiger partial charge is 0.359 e. The number of aromatic nitrogens is 1. The number of halogens is 2. The molecular weight excluding hydrogens is 484 g/mol. The number of rotatable bonds is 9. The minimum atomic E-state index is -0.182. The van der Waals surface area contributed by atoms with Crippen molar-refractivity contribution in [2.45, 2.75) is 52.2 Å². The highest BCUT2D eigenvalue weighted by Crippen LogP contribution is 2.22. The Morgan fingerprint density at radius 2 is 1.86 bits per heavy atom. The lowest BCUT2D eigenvalue weighted by Gasteiger charge is -2.14. The van der Waals surface area contributed by atoms with E-state index < -0.39 is 0 Å². The fourth-order valence-electron chi connectivity index (χ4n) is 3.09. The smallest absolute Gasteiger partial charge is 0.191 e. The molecule has 2 aromatic rings. The summed E-state index contributed by atoms with van der Waals surface area (Å²) in [6, 6.07) is 7.19. The third-order valence-corrected chi connectivity index (χ3v) is 4.69. The number of hydrogen-bond acceptors (Lipinski definition) is 4. The summed E-state index contributed by atoms with van der Waals surface area (Å²) < 4.78 is 19.3. The summed E-state index contributed by atoms with van der Waals surface area (Å²) >= 11 is 0. The van der Waals surface area contributed by atoms with Crippen LogP contribution < -0.4 is 10.6 Å².